The van der Waals surface area contributed by atoms with E-state index in [0.717, 1.165) is 29.9 Å². The Balaban J connectivity index is 2.37. The zero-order valence-electron chi connectivity index (χ0n) is 13.1. The van der Waals surface area contributed by atoms with Gasteiger partial charge in [-0.15, -0.1) is 0 Å². The Labute approximate surface area is 121 Å². The summed E-state index contributed by atoms with van der Waals surface area (Å²) in [5.74, 6) is 0. The molecule has 0 aliphatic heterocycles. The van der Waals surface area contributed by atoms with Gasteiger partial charge >= 0.3 is 0 Å². The van der Waals surface area contributed by atoms with Crippen molar-refractivity contribution in [2.75, 3.05) is 0 Å². The van der Waals surface area contributed by atoms with E-state index in [4.69, 9.17) is 0 Å². The van der Waals surface area contributed by atoms with Crippen molar-refractivity contribution in [2.45, 2.75) is 53.7 Å². The van der Waals surface area contributed by atoms with E-state index >= 15 is 0 Å². The summed E-state index contributed by atoms with van der Waals surface area (Å²) in [4.78, 5) is 0. The van der Waals surface area contributed by atoms with Crippen molar-refractivity contribution in [1.82, 2.24) is 9.78 Å². The molecule has 0 bridgehead atoms. The fraction of sp³-hybridized carbons (Fsp3) is 0.471. The lowest BCUT2D eigenvalue weighted by atomic mass is 10.0. The molecule has 20 heavy (non-hydrogen) atoms. The summed E-state index contributed by atoms with van der Waals surface area (Å²) < 4.78 is 2.01. The van der Waals surface area contributed by atoms with Crippen LogP contribution in [0, 0.1) is 27.7 Å². The third-order valence-electron chi connectivity index (χ3n) is 3.98. The predicted molar refractivity (Wildman–Crippen MR) is 82.0 cm³/mol. The van der Waals surface area contributed by atoms with Gasteiger partial charge in [-0.05, 0) is 45.2 Å². The molecule has 3 heteroatoms. The molecule has 1 heterocycles. The van der Waals surface area contributed by atoms with Crippen molar-refractivity contribution in [3.63, 3.8) is 0 Å². The van der Waals surface area contributed by atoms with Crippen molar-refractivity contribution >= 4 is 0 Å². The monoisotopic (exact) mass is 272 g/mol. The molecule has 0 fully saturated rings. The summed E-state index contributed by atoms with van der Waals surface area (Å²) in [6.07, 6.45) is 0.305. The number of aliphatic hydroxyl groups is 1. The smallest absolute Gasteiger partial charge is 0.0823 e. The molecular weight excluding hydrogens is 248 g/mol. The van der Waals surface area contributed by atoms with E-state index in [1.165, 1.54) is 16.7 Å². The van der Waals surface area contributed by atoms with Gasteiger partial charge in [0.2, 0.25) is 0 Å². The molecule has 1 aromatic carbocycles. The van der Waals surface area contributed by atoms with E-state index in [9.17, 15) is 5.11 Å². The molecule has 1 N–H and O–H groups in total. The lowest BCUT2D eigenvalue weighted by Gasteiger charge is -2.11. The maximum atomic E-state index is 10.1. The highest BCUT2D eigenvalue weighted by molar-refractivity contribution is 5.32. The van der Waals surface area contributed by atoms with Gasteiger partial charge in [0.05, 0.1) is 18.3 Å². The van der Waals surface area contributed by atoms with Gasteiger partial charge in [-0.3, -0.25) is 4.68 Å². The van der Waals surface area contributed by atoms with Gasteiger partial charge < -0.3 is 5.11 Å². The molecule has 108 valence electrons. The Morgan fingerprint density at radius 2 is 1.90 bits per heavy atom. The maximum absolute atomic E-state index is 10.1. The number of hydrogen-bond donors (Lipinski definition) is 1. The summed E-state index contributed by atoms with van der Waals surface area (Å²) in [6, 6.07) is 6.49. The maximum Gasteiger partial charge on any atom is 0.0823 e. The second-order valence-electron chi connectivity index (χ2n) is 5.60. The lowest BCUT2D eigenvalue weighted by molar-refractivity contribution is 0.172. The molecule has 0 saturated heterocycles. The zero-order chi connectivity index (χ0) is 14.9. The van der Waals surface area contributed by atoms with Gasteiger partial charge in [0, 0.05) is 11.3 Å². The van der Waals surface area contributed by atoms with Crippen LogP contribution in [0.2, 0.25) is 0 Å². The van der Waals surface area contributed by atoms with Crippen LogP contribution < -0.4 is 0 Å². The number of benzene rings is 1. The van der Waals surface area contributed by atoms with E-state index in [1.807, 2.05) is 25.5 Å². The van der Waals surface area contributed by atoms with E-state index < -0.39 is 6.10 Å². The molecule has 3 nitrogen and oxygen atoms in total. The molecule has 0 saturated carbocycles. The lowest BCUT2D eigenvalue weighted by Crippen LogP contribution is -2.06. The highest BCUT2D eigenvalue weighted by atomic mass is 16.3. The van der Waals surface area contributed by atoms with Gasteiger partial charge in [-0.1, -0.05) is 30.7 Å². The Hall–Kier alpha value is -1.61. The third kappa shape index (κ3) is 2.78. The first-order valence-electron chi connectivity index (χ1n) is 7.22. The highest BCUT2D eigenvalue weighted by Crippen LogP contribution is 2.24. The van der Waals surface area contributed by atoms with Crippen LogP contribution in [0.1, 0.15) is 53.1 Å². The van der Waals surface area contributed by atoms with Crippen molar-refractivity contribution in [3.05, 3.63) is 51.8 Å². The summed E-state index contributed by atoms with van der Waals surface area (Å²) in [5, 5.41) is 14.7. The first-order chi connectivity index (χ1) is 9.43. The molecule has 0 aliphatic carbocycles. The van der Waals surface area contributed by atoms with Gasteiger partial charge in [0.1, 0.15) is 0 Å². The van der Waals surface area contributed by atoms with Gasteiger partial charge in [0.25, 0.3) is 0 Å². The number of aromatic nitrogens is 2. The number of hydrogen-bond acceptors (Lipinski definition) is 2. The van der Waals surface area contributed by atoms with E-state index in [0.29, 0.717) is 0 Å². The zero-order valence-corrected chi connectivity index (χ0v) is 13.1. The fourth-order valence-electron chi connectivity index (χ4n) is 2.68. The van der Waals surface area contributed by atoms with Crippen LogP contribution >= 0.6 is 0 Å². The van der Waals surface area contributed by atoms with E-state index in [2.05, 4.69) is 37.1 Å². The van der Waals surface area contributed by atoms with Crippen LogP contribution in [-0.4, -0.2) is 14.9 Å². The van der Waals surface area contributed by atoms with Crippen molar-refractivity contribution in [3.8, 4) is 0 Å². The average Bonchev–Trinajstić information content (AvgIpc) is 2.68. The standard InChI is InChI=1S/C17H24N2O/c1-6-16(20)17-13(4)18-19(14(17)5)10-15-9-11(2)7-8-12(15)3/h7-9,16,20H,6,10H2,1-5H3. The summed E-state index contributed by atoms with van der Waals surface area (Å²) in [7, 11) is 0. The Morgan fingerprint density at radius 1 is 1.20 bits per heavy atom. The summed E-state index contributed by atoms with van der Waals surface area (Å²) in [6.45, 7) is 11.0. The van der Waals surface area contributed by atoms with Crippen LogP contribution in [-0.2, 0) is 6.54 Å². The van der Waals surface area contributed by atoms with Crippen molar-refractivity contribution < 1.29 is 5.11 Å². The minimum Gasteiger partial charge on any atom is -0.388 e. The third-order valence-corrected chi connectivity index (χ3v) is 3.98. The predicted octanol–water partition coefficient (Wildman–Crippen LogP) is 3.61. The van der Waals surface area contributed by atoms with E-state index in [-0.39, 0.29) is 0 Å². The topological polar surface area (TPSA) is 38.1 Å². The highest BCUT2D eigenvalue weighted by Gasteiger charge is 2.17. The molecule has 2 rings (SSSR count). The molecular formula is C17H24N2O. The SMILES string of the molecule is CCC(O)c1c(C)nn(Cc2cc(C)ccc2C)c1C. The Kier molecular flexibility index (Phi) is 4.29. The minimum atomic E-state index is -0.414. The van der Waals surface area contributed by atoms with E-state index in [1.54, 1.807) is 0 Å². The quantitative estimate of drug-likeness (QED) is 0.923. The van der Waals surface area contributed by atoms with Crippen LogP contribution in [0.5, 0.6) is 0 Å². The Morgan fingerprint density at radius 3 is 2.55 bits per heavy atom. The number of aryl methyl sites for hydroxylation is 3. The second kappa shape index (κ2) is 5.80. The van der Waals surface area contributed by atoms with Crippen LogP contribution in [0.15, 0.2) is 18.2 Å². The molecule has 1 atom stereocenters. The van der Waals surface area contributed by atoms with Crippen molar-refractivity contribution in [1.29, 1.82) is 0 Å². The van der Waals surface area contributed by atoms with Gasteiger partial charge in [-0.2, -0.15) is 5.10 Å². The minimum absolute atomic E-state index is 0.414. The van der Waals surface area contributed by atoms with Crippen LogP contribution in [0.3, 0.4) is 0 Å². The normalized spacial score (nSPS) is 12.7. The van der Waals surface area contributed by atoms with Gasteiger partial charge in [0.15, 0.2) is 0 Å². The number of aliphatic hydroxyl groups excluding tert-OH is 1. The summed E-state index contributed by atoms with van der Waals surface area (Å²) in [5.41, 5.74) is 6.81. The Bertz CT molecular complexity index is 614. The average molecular weight is 272 g/mol. The molecule has 0 aliphatic rings. The fourth-order valence-corrected chi connectivity index (χ4v) is 2.68. The molecule has 1 unspecified atom stereocenters. The molecule has 2 aromatic rings. The first-order valence-corrected chi connectivity index (χ1v) is 7.22. The molecule has 1 aromatic heterocycles. The number of nitrogens with zero attached hydrogens (tertiary/aromatic N) is 2. The second-order valence-corrected chi connectivity index (χ2v) is 5.60. The van der Waals surface area contributed by atoms with Crippen LogP contribution in [0.25, 0.3) is 0 Å². The van der Waals surface area contributed by atoms with Crippen LogP contribution in [0.4, 0.5) is 0 Å². The molecule has 0 spiro atoms. The van der Waals surface area contributed by atoms with Gasteiger partial charge in [-0.25, -0.2) is 0 Å². The molecule has 0 amide bonds. The largest absolute Gasteiger partial charge is 0.388 e. The molecule has 0 radical (unpaired) electrons. The number of rotatable bonds is 4. The summed E-state index contributed by atoms with van der Waals surface area (Å²) >= 11 is 0. The first kappa shape index (κ1) is 14.8. The van der Waals surface area contributed by atoms with Crippen molar-refractivity contribution in [2.24, 2.45) is 0 Å².